The van der Waals surface area contributed by atoms with Crippen molar-refractivity contribution in [2.24, 2.45) is 0 Å². The summed E-state index contributed by atoms with van der Waals surface area (Å²) in [6.07, 6.45) is 0.945. The molecular formula is C32H30O4. The van der Waals surface area contributed by atoms with Crippen LogP contribution in [0.1, 0.15) is 12.5 Å². The van der Waals surface area contributed by atoms with Crippen molar-refractivity contribution in [3.8, 4) is 23.0 Å². The van der Waals surface area contributed by atoms with Gasteiger partial charge in [0.05, 0.1) is 0 Å². The number of aryl methyl sites for hydroxylation is 1. The molecule has 0 radical (unpaired) electrons. The molecule has 4 nitrogen and oxygen atoms in total. The van der Waals surface area contributed by atoms with Gasteiger partial charge in [0, 0.05) is 21.5 Å². The van der Waals surface area contributed by atoms with Crippen LogP contribution in [0.4, 0.5) is 0 Å². The Bertz CT molecular complexity index is 1410. The van der Waals surface area contributed by atoms with E-state index >= 15 is 0 Å². The van der Waals surface area contributed by atoms with E-state index in [0.717, 1.165) is 51.0 Å². The Labute approximate surface area is 212 Å². The quantitative estimate of drug-likeness (QED) is 0.146. The molecule has 0 spiro atoms. The van der Waals surface area contributed by atoms with Crippen molar-refractivity contribution in [1.29, 1.82) is 0 Å². The molecule has 0 aliphatic rings. The van der Waals surface area contributed by atoms with Gasteiger partial charge in [-0.1, -0.05) is 79.7 Å². The lowest BCUT2D eigenvalue weighted by Gasteiger charge is -2.19. The average Bonchev–Trinajstić information content (AvgIpc) is 2.94. The van der Waals surface area contributed by atoms with E-state index in [9.17, 15) is 0 Å². The van der Waals surface area contributed by atoms with E-state index in [0.29, 0.717) is 26.4 Å². The van der Waals surface area contributed by atoms with Crippen molar-refractivity contribution in [2.45, 2.75) is 13.3 Å². The zero-order chi connectivity index (χ0) is 24.6. The summed E-state index contributed by atoms with van der Waals surface area (Å²) in [5.41, 5.74) is 1.25. The molecule has 0 amide bonds. The van der Waals surface area contributed by atoms with Crippen LogP contribution in [-0.4, -0.2) is 26.4 Å². The first kappa shape index (κ1) is 23.6. The highest BCUT2D eigenvalue weighted by Crippen LogP contribution is 2.43. The number of fused-ring (bicyclic) bond motifs is 2. The van der Waals surface area contributed by atoms with Crippen LogP contribution in [-0.2, 0) is 6.42 Å². The summed E-state index contributed by atoms with van der Waals surface area (Å²) >= 11 is 0. The normalized spacial score (nSPS) is 10.9. The van der Waals surface area contributed by atoms with Crippen molar-refractivity contribution in [2.75, 3.05) is 26.4 Å². The van der Waals surface area contributed by atoms with Crippen LogP contribution in [0.3, 0.4) is 0 Å². The maximum absolute atomic E-state index is 6.39. The molecule has 4 heteroatoms. The van der Waals surface area contributed by atoms with Gasteiger partial charge >= 0.3 is 0 Å². The lowest BCUT2D eigenvalue weighted by Crippen LogP contribution is -2.11. The Hall–Kier alpha value is -4.18. The summed E-state index contributed by atoms with van der Waals surface area (Å²) < 4.78 is 24.5. The molecule has 0 aromatic heterocycles. The van der Waals surface area contributed by atoms with Gasteiger partial charge in [0.2, 0.25) is 0 Å². The van der Waals surface area contributed by atoms with Crippen molar-refractivity contribution in [3.63, 3.8) is 0 Å². The first-order chi connectivity index (χ1) is 17.8. The number of hydrogen-bond acceptors (Lipinski definition) is 4. The fourth-order valence-electron chi connectivity index (χ4n) is 4.32. The molecule has 0 saturated heterocycles. The summed E-state index contributed by atoms with van der Waals surface area (Å²) in [4.78, 5) is 0. The number of hydrogen-bond donors (Lipinski definition) is 0. The van der Waals surface area contributed by atoms with Gasteiger partial charge < -0.3 is 18.9 Å². The highest BCUT2D eigenvalue weighted by Gasteiger charge is 2.17. The molecule has 0 aliphatic heterocycles. The molecule has 182 valence electrons. The van der Waals surface area contributed by atoms with Crippen molar-refractivity contribution in [3.05, 3.63) is 109 Å². The van der Waals surface area contributed by atoms with E-state index in [-0.39, 0.29) is 0 Å². The molecule has 0 aliphatic carbocycles. The Morgan fingerprint density at radius 1 is 0.444 bits per heavy atom. The Morgan fingerprint density at radius 2 is 0.889 bits per heavy atom. The minimum absolute atomic E-state index is 0.439. The summed E-state index contributed by atoms with van der Waals surface area (Å²) in [7, 11) is 0. The van der Waals surface area contributed by atoms with E-state index in [1.165, 1.54) is 5.56 Å². The largest absolute Gasteiger partial charge is 0.490 e. The molecule has 0 heterocycles. The number of benzene rings is 5. The van der Waals surface area contributed by atoms with Crippen LogP contribution in [0.25, 0.3) is 21.5 Å². The number of rotatable bonds is 11. The molecular weight excluding hydrogens is 448 g/mol. The van der Waals surface area contributed by atoms with Crippen molar-refractivity contribution >= 4 is 21.5 Å². The Balaban J connectivity index is 1.42. The van der Waals surface area contributed by atoms with Gasteiger partial charge in [-0.2, -0.15) is 0 Å². The van der Waals surface area contributed by atoms with Crippen molar-refractivity contribution < 1.29 is 18.9 Å². The van der Waals surface area contributed by atoms with E-state index in [2.05, 4.69) is 37.3 Å². The highest BCUT2D eigenvalue weighted by molar-refractivity contribution is 6.11. The summed E-state index contributed by atoms with van der Waals surface area (Å²) in [6.45, 7) is 3.96. The third kappa shape index (κ3) is 5.38. The maximum atomic E-state index is 6.39. The van der Waals surface area contributed by atoms with Gasteiger partial charge in [0.1, 0.15) is 49.4 Å². The molecule has 5 aromatic carbocycles. The van der Waals surface area contributed by atoms with Gasteiger partial charge in [0.25, 0.3) is 0 Å². The fourth-order valence-corrected chi connectivity index (χ4v) is 4.32. The van der Waals surface area contributed by atoms with Gasteiger partial charge in [-0.3, -0.25) is 0 Å². The standard InChI is InChI=1S/C32H30O4/c1-2-24-17-18-29-30(23-24)32(36-22-20-34-26-13-7-4-8-14-26)28-16-10-9-15-27(28)31(29)35-21-19-33-25-11-5-3-6-12-25/h3-18,23H,2,19-22H2,1H3. The molecule has 36 heavy (non-hydrogen) atoms. The molecule has 0 fully saturated rings. The minimum atomic E-state index is 0.439. The third-order valence-electron chi connectivity index (χ3n) is 6.08. The van der Waals surface area contributed by atoms with Gasteiger partial charge in [-0.25, -0.2) is 0 Å². The predicted octanol–water partition coefficient (Wildman–Crippen LogP) is 7.47. The second-order valence-electron chi connectivity index (χ2n) is 8.46. The van der Waals surface area contributed by atoms with E-state index < -0.39 is 0 Å². The zero-order valence-electron chi connectivity index (χ0n) is 20.5. The molecule has 0 bridgehead atoms. The third-order valence-corrected chi connectivity index (χ3v) is 6.08. The highest BCUT2D eigenvalue weighted by atomic mass is 16.5. The van der Waals surface area contributed by atoms with Crippen LogP contribution in [0.5, 0.6) is 23.0 Å². The monoisotopic (exact) mass is 478 g/mol. The molecule has 0 saturated carbocycles. The van der Waals surface area contributed by atoms with Gasteiger partial charge in [0.15, 0.2) is 0 Å². The van der Waals surface area contributed by atoms with E-state index in [4.69, 9.17) is 18.9 Å². The Morgan fingerprint density at radius 3 is 1.42 bits per heavy atom. The van der Waals surface area contributed by atoms with Gasteiger partial charge in [-0.05, 0) is 42.3 Å². The van der Waals surface area contributed by atoms with E-state index in [1.807, 2.05) is 72.8 Å². The Kier molecular flexibility index (Phi) is 7.52. The smallest absolute Gasteiger partial charge is 0.135 e. The number of ether oxygens (including phenoxy) is 4. The van der Waals surface area contributed by atoms with E-state index in [1.54, 1.807) is 0 Å². The lowest BCUT2D eigenvalue weighted by atomic mass is 9.98. The van der Waals surface area contributed by atoms with Gasteiger partial charge in [-0.15, -0.1) is 0 Å². The minimum Gasteiger partial charge on any atom is -0.490 e. The van der Waals surface area contributed by atoms with Crippen LogP contribution in [0, 0.1) is 0 Å². The van der Waals surface area contributed by atoms with Crippen LogP contribution < -0.4 is 18.9 Å². The first-order valence-corrected chi connectivity index (χ1v) is 12.4. The summed E-state index contributed by atoms with van der Waals surface area (Å²) in [5.74, 6) is 3.39. The first-order valence-electron chi connectivity index (χ1n) is 12.4. The second-order valence-corrected chi connectivity index (χ2v) is 8.46. The SMILES string of the molecule is CCc1ccc2c(OCCOc3ccccc3)c3ccccc3c(OCCOc3ccccc3)c2c1. The predicted molar refractivity (Wildman–Crippen MR) is 146 cm³/mol. The average molecular weight is 479 g/mol. The molecule has 0 unspecified atom stereocenters. The molecule has 0 N–H and O–H groups in total. The van der Waals surface area contributed by atoms with Crippen LogP contribution in [0.2, 0.25) is 0 Å². The summed E-state index contributed by atoms with van der Waals surface area (Å²) in [5, 5.41) is 4.13. The topological polar surface area (TPSA) is 36.9 Å². The summed E-state index contributed by atoms with van der Waals surface area (Å²) in [6, 6.07) is 34.4. The van der Waals surface area contributed by atoms with Crippen LogP contribution in [0.15, 0.2) is 103 Å². The van der Waals surface area contributed by atoms with Crippen molar-refractivity contribution in [1.82, 2.24) is 0 Å². The molecule has 5 aromatic rings. The fraction of sp³-hybridized carbons (Fsp3) is 0.188. The zero-order valence-corrected chi connectivity index (χ0v) is 20.5. The molecule has 0 atom stereocenters. The molecule has 5 rings (SSSR count). The lowest BCUT2D eigenvalue weighted by molar-refractivity contribution is 0.218. The second kappa shape index (κ2) is 11.5. The number of para-hydroxylation sites is 2. The van der Waals surface area contributed by atoms with Crippen LogP contribution >= 0.6 is 0 Å². The maximum Gasteiger partial charge on any atom is 0.135 e.